The van der Waals surface area contributed by atoms with Gasteiger partial charge in [-0.25, -0.2) is 8.42 Å². The summed E-state index contributed by atoms with van der Waals surface area (Å²) in [4.78, 5) is 16.4. The van der Waals surface area contributed by atoms with E-state index in [4.69, 9.17) is 9.47 Å². The zero-order chi connectivity index (χ0) is 19.3. The van der Waals surface area contributed by atoms with E-state index in [1.54, 1.807) is 30.6 Å². The molecule has 1 aliphatic rings. The number of sulfone groups is 1. The van der Waals surface area contributed by atoms with Crippen molar-refractivity contribution in [2.24, 2.45) is 0 Å². The van der Waals surface area contributed by atoms with Crippen molar-refractivity contribution in [3.8, 4) is 11.5 Å². The van der Waals surface area contributed by atoms with Crippen LogP contribution < -0.4 is 14.8 Å². The molecule has 27 heavy (non-hydrogen) atoms. The zero-order valence-electron chi connectivity index (χ0n) is 15.1. The monoisotopic (exact) mass is 390 g/mol. The van der Waals surface area contributed by atoms with Crippen LogP contribution in [-0.4, -0.2) is 43.5 Å². The molecule has 1 aromatic heterocycles. The second-order valence-electron chi connectivity index (χ2n) is 6.31. The Labute approximate surface area is 158 Å². The van der Waals surface area contributed by atoms with Crippen LogP contribution in [0.2, 0.25) is 0 Å². The van der Waals surface area contributed by atoms with Crippen molar-refractivity contribution < 1.29 is 22.7 Å². The minimum atomic E-state index is -3.04. The maximum Gasteiger partial charge on any atom is 0.251 e. The largest absolute Gasteiger partial charge is 0.490 e. The quantitative estimate of drug-likeness (QED) is 0.777. The smallest absolute Gasteiger partial charge is 0.251 e. The molecule has 1 atom stereocenters. The fraction of sp³-hybridized carbons (Fsp3) is 0.368. The lowest BCUT2D eigenvalue weighted by atomic mass is 10.1. The average Bonchev–Trinajstić information content (AvgIpc) is 3.00. The number of pyridine rings is 1. The minimum Gasteiger partial charge on any atom is -0.490 e. The van der Waals surface area contributed by atoms with Gasteiger partial charge in [-0.15, -0.1) is 0 Å². The highest BCUT2D eigenvalue weighted by atomic mass is 32.2. The molecule has 0 bridgehead atoms. The number of nitrogens with zero attached hydrogens (tertiary/aromatic N) is 1. The van der Waals surface area contributed by atoms with Gasteiger partial charge in [0.25, 0.3) is 5.91 Å². The topological polar surface area (TPSA) is 94.6 Å². The molecule has 8 heteroatoms. The summed E-state index contributed by atoms with van der Waals surface area (Å²) in [5, 5.41) is 2.78. The van der Waals surface area contributed by atoms with Gasteiger partial charge < -0.3 is 14.8 Å². The van der Waals surface area contributed by atoms with Gasteiger partial charge in [0.1, 0.15) is 6.61 Å². The molecule has 0 radical (unpaired) electrons. The predicted molar refractivity (Wildman–Crippen MR) is 101 cm³/mol. The SMILES string of the molecule is CCOc1cc(C(=O)N[C@H]2CCS(=O)(=O)C2)ccc1OCc1ccncc1. The average molecular weight is 390 g/mol. The number of nitrogens with one attached hydrogen (secondary N) is 1. The van der Waals surface area contributed by atoms with Crippen LogP contribution >= 0.6 is 0 Å². The van der Waals surface area contributed by atoms with Crippen molar-refractivity contribution in [1.82, 2.24) is 10.3 Å². The summed E-state index contributed by atoms with van der Waals surface area (Å²) in [5.74, 6) is 0.791. The van der Waals surface area contributed by atoms with Crippen molar-refractivity contribution in [3.63, 3.8) is 0 Å². The Morgan fingerprint density at radius 3 is 2.63 bits per heavy atom. The molecule has 0 unspecified atom stereocenters. The van der Waals surface area contributed by atoms with Crippen LogP contribution in [0.25, 0.3) is 0 Å². The number of aromatic nitrogens is 1. The molecular weight excluding hydrogens is 368 g/mol. The fourth-order valence-corrected chi connectivity index (χ4v) is 4.53. The van der Waals surface area contributed by atoms with Crippen LogP contribution in [0.1, 0.15) is 29.3 Å². The van der Waals surface area contributed by atoms with E-state index in [1.807, 2.05) is 19.1 Å². The molecule has 0 spiro atoms. The predicted octanol–water partition coefficient (Wildman–Crippen LogP) is 1.98. The number of hydrogen-bond donors (Lipinski definition) is 1. The van der Waals surface area contributed by atoms with Crippen molar-refractivity contribution in [1.29, 1.82) is 0 Å². The van der Waals surface area contributed by atoms with Gasteiger partial charge in [-0.3, -0.25) is 9.78 Å². The van der Waals surface area contributed by atoms with Crippen molar-refractivity contribution in [2.45, 2.75) is 26.0 Å². The van der Waals surface area contributed by atoms with Gasteiger partial charge in [0.05, 0.1) is 18.1 Å². The number of carbonyl (C=O) groups is 1. The lowest BCUT2D eigenvalue weighted by Gasteiger charge is -2.15. The summed E-state index contributed by atoms with van der Waals surface area (Å²) in [7, 11) is -3.04. The maximum atomic E-state index is 12.4. The van der Waals surface area contributed by atoms with E-state index in [1.165, 1.54) is 0 Å². The third-order valence-electron chi connectivity index (χ3n) is 4.22. The fourth-order valence-electron chi connectivity index (χ4n) is 2.85. The van der Waals surface area contributed by atoms with E-state index < -0.39 is 9.84 Å². The standard InChI is InChI=1S/C19H22N2O5S/c1-2-25-18-11-15(19(22)21-16-7-10-27(23,24)13-16)3-4-17(18)26-12-14-5-8-20-9-6-14/h3-6,8-9,11,16H,2,7,10,12-13H2,1H3,(H,21,22)/t16-/m0/s1. The highest BCUT2D eigenvalue weighted by Crippen LogP contribution is 2.29. The first-order chi connectivity index (χ1) is 13.0. The van der Waals surface area contributed by atoms with Crippen molar-refractivity contribution >= 4 is 15.7 Å². The van der Waals surface area contributed by atoms with Gasteiger partial charge in [-0.2, -0.15) is 0 Å². The first-order valence-electron chi connectivity index (χ1n) is 8.76. The zero-order valence-corrected chi connectivity index (χ0v) is 15.9. The van der Waals surface area contributed by atoms with Crippen LogP contribution in [0.4, 0.5) is 0 Å². The number of amides is 1. The van der Waals surface area contributed by atoms with E-state index in [2.05, 4.69) is 10.3 Å². The molecule has 1 N–H and O–H groups in total. The molecule has 144 valence electrons. The second kappa shape index (κ2) is 8.39. The number of carbonyl (C=O) groups excluding carboxylic acids is 1. The third kappa shape index (κ3) is 5.19. The molecule has 1 aliphatic heterocycles. The summed E-state index contributed by atoms with van der Waals surface area (Å²) in [6.45, 7) is 2.63. The van der Waals surface area contributed by atoms with E-state index in [0.717, 1.165) is 5.56 Å². The van der Waals surface area contributed by atoms with Crippen LogP contribution in [0.5, 0.6) is 11.5 Å². The molecular formula is C19H22N2O5S. The number of ether oxygens (including phenoxy) is 2. The third-order valence-corrected chi connectivity index (χ3v) is 5.99. The van der Waals surface area contributed by atoms with Gasteiger partial charge in [0, 0.05) is 24.0 Å². The molecule has 1 amide bonds. The Bertz CT molecular complexity index is 900. The minimum absolute atomic E-state index is 0.00974. The summed E-state index contributed by atoms with van der Waals surface area (Å²) in [6.07, 6.45) is 3.83. The first-order valence-corrected chi connectivity index (χ1v) is 10.6. The molecule has 1 fully saturated rings. The molecule has 1 saturated heterocycles. The van der Waals surface area contributed by atoms with Crippen LogP contribution in [0, 0.1) is 0 Å². The van der Waals surface area contributed by atoms with Gasteiger partial charge >= 0.3 is 0 Å². The summed E-state index contributed by atoms with van der Waals surface area (Å²) >= 11 is 0. The molecule has 2 aromatic rings. The first kappa shape index (κ1) is 19.2. The highest BCUT2D eigenvalue weighted by molar-refractivity contribution is 7.91. The summed E-state index contributed by atoms with van der Waals surface area (Å²) in [5.41, 5.74) is 1.37. The number of hydrogen-bond acceptors (Lipinski definition) is 6. The summed E-state index contributed by atoms with van der Waals surface area (Å²) < 4.78 is 34.5. The van der Waals surface area contributed by atoms with Crippen molar-refractivity contribution in [2.75, 3.05) is 18.1 Å². The molecule has 0 saturated carbocycles. The number of rotatable bonds is 7. The van der Waals surface area contributed by atoms with Gasteiger partial charge in [-0.05, 0) is 49.2 Å². The Morgan fingerprint density at radius 2 is 1.96 bits per heavy atom. The van der Waals surface area contributed by atoms with E-state index in [0.29, 0.717) is 36.7 Å². The Balaban J connectivity index is 1.69. The maximum absolute atomic E-state index is 12.4. The number of benzene rings is 1. The van der Waals surface area contributed by atoms with Crippen LogP contribution in [-0.2, 0) is 16.4 Å². The highest BCUT2D eigenvalue weighted by Gasteiger charge is 2.29. The molecule has 1 aromatic carbocycles. The second-order valence-corrected chi connectivity index (χ2v) is 8.54. The van der Waals surface area contributed by atoms with Gasteiger partial charge in [0.2, 0.25) is 0 Å². The van der Waals surface area contributed by atoms with Gasteiger partial charge in [0.15, 0.2) is 21.3 Å². The molecule has 3 rings (SSSR count). The van der Waals surface area contributed by atoms with Gasteiger partial charge in [-0.1, -0.05) is 0 Å². The van der Waals surface area contributed by atoms with E-state index in [-0.39, 0.29) is 23.5 Å². The molecule has 7 nitrogen and oxygen atoms in total. The molecule has 0 aliphatic carbocycles. The Morgan fingerprint density at radius 1 is 1.19 bits per heavy atom. The Kier molecular flexibility index (Phi) is 5.95. The lowest BCUT2D eigenvalue weighted by Crippen LogP contribution is -2.35. The molecule has 2 heterocycles. The van der Waals surface area contributed by atoms with E-state index >= 15 is 0 Å². The summed E-state index contributed by atoms with van der Waals surface area (Å²) in [6, 6.07) is 8.32. The van der Waals surface area contributed by atoms with Crippen LogP contribution in [0.15, 0.2) is 42.7 Å². The lowest BCUT2D eigenvalue weighted by molar-refractivity contribution is 0.0940. The van der Waals surface area contributed by atoms with Crippen LogP contribution in [0.3, 0.4) is 0 Å². The van der Waals surface area contributed by atoms with Crippen molar-refractivity contribution in [3.05, 3.63) is 53.9 Å². The van der Waals surface area contributed by atoms with E-state index in [9.17, 15) is 13.2 Å². The normalized spacial score (nSPS) is 18.0. The Hall–Kier alpha value is -2.61.